The van der Waals surface area contributed by atoms with Crippen molar-refractivity contribution < 1.29 is 19.4 Å². The fourth-order valence-corrected chi connectivity index (χ4v) is 2.30. The van der Waals surface area contributed by atoms with Crippen molar-refractivity contribution in [3.63, 3.8) is 0 Å². The number of para-hydroxylation sites is 1. The predicted octanol–water partition coefficient (Wildman–Crippen LogP) is 2.26. The molecule has 1 heterocycles. The van der Waals surface area contributed by atoms with E-state index in [-0.39, 0.29) is 11.2 Å². The van der Waals surface area contributed by atoms with Gasteiger partial charge in [0.1, 0.15) is 5.60 Å². The molecule has 18 heavy (non-hydrogen) atoms. The highest BCUT2D eigenvalue weighted by molar-refractivity contribution is 6.00. The van der Waals surface area contributed by atoms with Gasteiger partial charge in [0.15, 0.2) is 0 Å². The quantitative estimate of drug-likeness (QED) is 0.870. The Morgan fingerprint density at radius 1 is 1.28 bits per heavy atom. The highest BCUT2D eigenvalue weighted by Crippen LogP contribution is 2.46. The second-order valence-electron chi connectivity index (χ2n) is 4.77. The standard InChI is InChI=1S/C13H13NO4/c15-11(16)9-3-1-2-4-10(9)14-8-7-13(5-6-13)18-12(14)17/h1-4H,5-8H2,(H,15,16). The molecule has 2 fully saturated rings. The number of ether oxygens (including phenoxy) is 1. The molecule has 0 unspecified atom stereocenters. The van der Waals surface area contributed by atoms with Crippen molar-refractivity contribution in [2.75, 3.05) is 11.4 Å². The maximum atomic E-state index is 11.9. The third-order valence-electron chi connectivity index (χ3n) is 3.55. The summed E-state index contributed by atoms with van der Waals surface area (Å²) in [4.78, 5) is 24.5. The summed E-state index contributed by atoms with van der Waals surface area (Å²) in [5.74, 6) is -1.04. The summed E-state index contributed by atoms with van der Waals surface area (Å²) in [6, 6.07) is 6.49. The number of amides is 1. The van der Waals surface area contributed by atoms with Crippen LogP contribution in [0.3, 0.4) is 0 Å². The number of hydrogen-bond acceptors (Lipinski definition) is 3. The number of benzene rings is 1. The molecule has 0 bridgehead atoms. The van der Waals surface area contributed by atoms with Gasteiger partial charge >= 0.3 is 12.1 Å². The number of carboxylic acid groups (broad SMARTS) is 1. The number of carbonyl (C=O) groups is 2. The molecule has 5 heteroatoms. The zero-order valence-electron chi connectivity index (χ0n) is 9.76. The van der Waals surface area contributed by atoms with Crippen molar-refractivity contribution in [2.24, 2.45) is 0 Å². The van der Waals surface area contributed by atoms with E-state index in [4.69, 9.17) is 9.84 Å². The summed E-state index contributed by atoms with van der Waals surface area (Å²) in [6.07, 6.45) is 2.18. The van der Waals surface area contributed by atoms with Gasteiger partial charge in [-0.05, 0) is 25.0 Å². The third-order valence-corrected chi connectivity index (χ3v) is 3.55. The molecule has 0 atom stereocenters. The number of aromatic carboxylic acids is 1. The number of rotatable bonds is 2. The molecule has 0 aromatic heterocycles. The molecular formula is C13H13NO4. The van der Waals surface area contributed by atoms with Crippen LogP contribution >= 0.6 is 0 Å². The summed E-state index contributed by atoms with van der Waals surface area (Å²) in [6.45, 7) is 0.517. The Morgan fingerprint density at radius 2 is 2.00 bits per heavy atom. The van der Waals surface area contributed by atoms with Crippen LogP contribution in [0, 0.1) is 0 Å². The van der Waals surface area contributed by atoms with E-state index >= 15 is 0 Å². The molecule has 1 aromatic carbocycles. The smallest absolute Gasteiger partial charge is 0.414 e. The van der Waals surface area contributed by atoms with Crippen molar-refractivity contribution in [1.29, 1.82) is 0 Å². The zero-order valence-corrected chi connectivity index (χ0v) is 9.76. The molecule has 2 aliphatic rings. The van der Waals surface area contributed by atoms with Gasteiger partial charge in [-0.2, -0.15) is 0 Å². The monoisotopic (exact) mass is 247 g/mol. The van der Waals surface area contributed by atoms with E-state index in [0.29, 0.717) is 12.2 Å². The Morgan fingerprint density at radius 3 is 2.61 bits per heavy atom. The Bertz CT molecular complexity index is 521. The van der Waals surface area contributed by atoms with Crippen molar-refractivity contribution in [1.82, 2.24) is 0 Å². The van der Waals surface area contributed by atoms with Gasteiger partial charge in [0.2, 0.25) is 0 Å². The Labute approximate surface area is 104 Å². The molecule has 1 aliphatic carbocycles. The molecule has 3 rings (SSSR count). The average Bonchev–Trinajstić information content (AvgIpc) is 3.09. The second kappa shape index (κ2) is 3.73. The van der Waals surface area contributed by atoms with Gasteiger partial charge in [-0.25, -0.2) is 9.59 Å². The van der Waals surface area contributed by atoms with Crippen LogP contribution in [0.4, 0.5) is 10.5 Å². The Hall–Kier alpha value is -2.04. The number of carbonyl (C=O) groups excluding carboxylic acids is 1. The lowest BCUT2D eigenvalue weighted by atomic mass is 10.1. The fourth-order valence-electron chi connectivity index (χ4n) is 2.30. The van der Waals surface area contributed by atoms with Crippen LogP contribution in [0.2, 0.25) is 0 Å². The first-order valence-electron chi connectivity index (χ1n) is 5.94. The molecule has 1 aliphatic heterocycles. The lowest BCUT2D eigenvalue weighted by Gasteiger charge is -2.32. The first-order valence-corrected chi connectivity index (χ1v) is 5.94. The second-order valence-corrected chi connectivity index (χ2v) is 4.77. The zero-order chi connectivity index (χ0) is 12.8. The normalized spacial score (nSPS) is 20.7. The fraction of sp³-hybridized carbons (Fsp3) is 0.385. The number of hydrogen-bond donors (Lipinski definition) is 1. The lowest BCUT2D eigenvalue weighted by molar-refractivity contribution is 0.0677. The number of nitrogens with zero attached hydrogens (tertiary/aromatic N) is 1. The maximum absolute atomic E-state index is 11.9. The highest BCUT2D eigenvalue weighted by atomic mass is 16.6. The van der Waals surface area contributed by atoms with E-state index in [1.54, 1.807) is 18.2 Å². The average molecular weight is 247 g/mol. The molecule has 1 spiro atoms. The molecule has 94 valence electrons. The summed E-state index contributed by atoms with van der Waals surface area (Å²) in [7, 11) is 0. The van der Waals surface area contributed by atoms with Gasteiger partial charge in [0.05, 0.1) is 11.3 Å². The summed E-state index contributed by atoms with van der Waals surface area (Å²) < 4.78 is 5.38. The molecule has 5 nitrogen and oxygen atoms in total. The van der Waals surface area contributed by atoms with Gasteiger partial charge in [0, 0.05) is 13.0 Å². The number of carboxylic acids is 1. The van der Waals surface area contributed by atoms with Gasteiger partial charge in [0.25, 0.3) is 0 Å². The van der Waals surface area contributed by atoms with Gasteiger partial charge in [-0.1, -0.05) is 12.1 Å². The van der Waals surface area contributed by atoms with E-state index in [1.165, 1.54) is 11.0 Å². The van der Waals surface area contributed by atoms with Crippen molar-refractivity contribution in [3.05, 3.63) is 29.8 Å². The minimum atomic E-state index is -1.04. The first kappa shape index (κ1) is 11.1. The van der Waals surface area contributed by atoms with Crippen LogP contribution in [-0.2, 0) is 4.74 Å². The molecular weight excluding hydrogens is 234 g/mol. The number of anilines is 1. The van der Waals surface area contributed by atoms with Gasteiger partial charge in [-0.15, -0.1) is 0 Å². The van der Waals surface area contributed by atoms with E-state index < -0.39 is 12.1 Å². The lowest BCUT2D eigenvalue weighted by Crippen LogP contribution is -2.43. The molecule has 1 amide bonds. The third kappa shape index (κ3) is 1.72. The van der Waals surface area contributed by atoms with Crippen molar-refractivity contribution in [2.45, 2.75) is 24.9 Å². The van der Waals surface area contributed by atoms with E-state index in [9.17, 15) is 9.59 Å². The summed E-state index contributed by atoms with van der Waals surface area (Å²) in [5, 5.41) is 9.12. The van der Waals surface area contributed by atoms with Crippen LogP contribution < -0.4 is 4.90 Å². The SMILES string of the molecule is O=C(O)c1ccccc1N1CCC2(CC2)OC1=O. The van der Waals surface area contributed by atoms with E-state index in [1.807, 2.05) is 0 Å². The highest BCUT2D eigenvalue weighted by Gasteiger charge is 2.50. The maximum Gasteiger partial charge on any atom is 0.414 e. The van der Waals surface area contributed by atoms with Crippen LogP contribution in [0.15, 0.2) is 24.3 Å². The van der Waals surface area contributed by atoms with E-state index in [0.717, 1.165) is 19.3 Å². The minimum absolute atomic E-state index is 0.126. The largest absolute Gasteiger partial charge is 0.478 e. The van der Waals surface area contributed by atoms with Crippen LogP contribution in [-0.4, -0.2) is 29.3 Å². The predicted molar refractivity (Wildman–Crippen MR) is 63.8 cm³/mol. The molecule has 1 aromatic rings. The van der Waals surface area contributed by atoms with Crippen LogP contribution in [0.1, 0.15) is 29.6 Å². The van der Waals surface area contributed by atoms with E-state index in [2.05, 4.69) is 0 Å². The molecule has 1 saturated carbocycles. The topological polar surface area (TPSA) is 66.8 Å². The van der Waals surface area contributed by atoms with Gasteiger partial charge < -0.3 is 9.84 Å². The Balaban J connectivity index is 1.91. The van der Waals surface area contributed by atoms with Crippen molar-refractivity contribution >= 4 is 17.7 Å². The van der Waals surface area contributed by atoms with Crippen LogP contribution in [0.25, 0.3) is 0 Å². The Kier molecular flexibility index (Phi) is 2.29. The minimum Gasteiger partial charge on any atom is -0.478 e. The van der Waals surface area contributed by atoms with Crippen LogP contribution in [0.5, 0.6) is 0 Å². The first-order chi connectivity index (χ1) is 8.61. The molecule has 1 N–H and O–H groups in total. The van der Waals surface area contributed by atoms with Crippen molar-refractivity contribution in [3.8, 4) is 0 Å². The van der Waals surface area contributed by atoms with Gasteiger partial charge in [-0.3, -0.25) is 4.90 Å². The summed E-state index contributed by atoms with van der Waals surface area (Å²) in [5.41, 5.74) is 0.290. The molecule has 1 saturated heterocycles. The molecule has 0 radical (unpaired) electrons. The summed E-state index contributed by atoms with van der Waals surface area (Å²) >= 11 is 0.